The van der Waals surface area contributed by atoms with Crippen molar-refractivity contribution in [2.75, 3.05) is 18.5 Å². The van der Waals surface area contributed by atoms with Crippen molar-refractivity contribution >= 4 is 11.6 Å². The molecule has 0 saturated carbocycles. The smallest absolute Gasteiger partial charge is 0.228 e. The predicted molar refractivity (Wildman–Crippen MR) is 82.1 cm³/mol. The number of amides is 1. The summed E-state index contributed by atoms with van der Waals surface area (Å²) in [6.45, 7) is 0.835. The van der Waals surface area contributed by atoms with Gasteiger partial charge in [0.25, 0.3) is 0 Å². The number of fused-ring (bicyclic) bond motifs is 1. The van der Waals surface area contributed by atoms with Crippen LogP contribution in [0.2, 0.25) is 0 Å². The first-order valence-corrected chi connectivity index (χ1v) is 7.21. The molecule has 3 rings (SSSR count). The first-order valence-electron chi connectivity index (χ1n) is 7.21. The number of hydrogen-bond donors (Lipinski definition) is 1. The highest BCUT2D eigenvalue weighted by molar-refractivity contribution is 5.96. The fraction of sp³-hybridized carbons (Fsp3) is 0.375. The maximum absolute atomic E-state index is 12.1. The lowest BCUT2D eigenvalue weighted by molar-refractivity contribution is -0.119. The summed E-state index contributed by atoms with van der Waals surface area (Å²) in [6, 6.07) is 8.20. The monoisotopic (exact) mass is 284 g/mol. The van der Waals surface area contributed by atoms with E-state index < -0.39 is 0 Å². The molecule has 0 bridgehead atoms. The Labute approximate surface area is 124 Å². The van der Waals surface area contributed by atoms with Crippen LogP contribution in [-0.2, 0) is 18.3 Å². The molecule has 0 radical (unpaired) electrons. The minimum Gasteiger partial charge on any atom is -0.315 e. The van der Waals surface area contributed by atoms with Gasteiger partial charge in [0.2, 0.25) is 5.91 Å². The van der Waals surface area contributed by atoms with Crippen molar-refractivity contribution in [2.24, 2.45) is 7.05 Å². The molecule has 5 heteroatoms. The molecule has 0 aliphatic carbocycles. The molecule has 2 aromatic rings. The van der Waals surface area contributed by atoms with E-state index in [1.165, 1.54) is 11.1 Å². The maximum atomic E-state index is 12.1. The van der Waals surface area contributed by atoms with Crippen LogP contribution in [-0.4, -0.2) is 29.3 Å². The van der Waals surface area contributed by atoms with E-state index in [0.717, 1.165) is 18.7 Å². The number of rotatable bonds is 4. The first kappa shape index (κ1) is 13.8. The summed E-state index contributed by atoms with van der Waals surface area (Å²) >= 11 is 0. The largest absolute Gasteiger partial charge is 0.315 e. The number of anilines is 1. The van der Waals surface area contributed by atoms with E-state index in [-0.39, 0.29) is 11.9 Å². The Morgan fingerprint density at radius 2 is 2.14 bits per heavy atom. The maximum Gasteiger partial charge on any atom is 0.228 e. The molecule has 1 aliphatic rings. The Morgan fingerprint density at radius 3 is 2.90 bits per heavy atom. The molecule has 1 aromatic carbocycles. The van der Waals surface area contributed by atoms with Crippen molar-refractivity contribution < 1.29 is 4.79 Å². The summed E-state index contributed by atoms with van der Waals surface area (Å²) in [6.07, 6.45) is 5.34. The number of hydrogen-bond acceptors (Lipinski definition) is 3. The molecule has 110 valence electrons. The van der Waals surface area contributed by atoms with E-state index in [1.807, 2.05) is 49.4 Å². The van der Waals surface area contributed by atoms with Crippen LogP contribution in [0.15, 0.2) is 36.7 Å². The van der Waals surface area contributed by atoms with Crippen molar-refractivity contribution in [1.29, 1.82) is 0 Å². The fourth-order valence-corrected chi connectivity index (χ4v) is 2.82. The van der Waals surface area contributed by atoms with Crippen LogP contribution in [0.1, 0.15) is 23.6 Å². The Bertz CT molecular complexity index is 649. The van der Waals surface area contributed by atoms with E-state index >= 15 is 0 Å². The van der Waals surface area contributed by atoms with E-state index in [4.69, 9.17) is 0 Å². The zero-order valence-electron chi connectivity index (χ0n) is 12.4. The number of nitrogens with one attached hydrogen (secondary N) is 1. The van der Waals surface area contributed by atoms with Gasteiger partial charge in [-0.1, -0.05) is 18.2 Å². The molecular weight excluding hydrogens is 264 g/mol. The van der Waals surface area contributed by atoms with Crippen LogP contribution in [0.4, 0.5) is 5.69 Å². The molecule has 1 aliphatic heterocycles. The van der Waals surface area contributed by atoms with Gasteiger partial charge in [-0.2, -0.15) is 5.10 Å². The summed E-state index contributed by atoms with van der Waals surface area (Å²) < 4.78 is 1.81. The SMILES string of the molecule is CN1C(=O)CC(NCCc2cnn(C)c2)c2ccccc21. The Hall–Kier alpha value is -2.14. The number of aromatic nitrogens is 2. The van der Waals surface area contributed by atoms with Crippen molar-refractivity contribution in [3.8, 4) is 0 Å². The van der Waals surface area contributed by atoms with E-state index in [1.54, 1.807) is 4.90 Å². The van der Waals surface area contributed by atoms with Crippen molar-refractivity contribution in [2.45, 2.75) is 18.9 Å². The molecule has 0 fully saturated rings. The number of aryl methyl sites for hydroxylation is 1. The second kappa shape index (κ2) is 5.69. The Morgan fingerprint density at radius 1 is 1.33 bits per heavy atom. The Kier molecular flexibility index (Phi) is 3.75. The van der Waals surface area contributed by atoms with Gasteiger partial charge in [0, 0.05) is 38.4 Å². The number of carbonyl (C=O) groups is 1. The second-order valence-corrected chi connectivity index (χ2v) is 5.49. The lowest BCUT2D eigenvalue weighted by Crippen LogP contribution is -2.38. The molecule has 21 heavy (non-hydrogen) atoms. The lowest BCUT2D eigenvalue weighted by atomic mass is 9.96. The van der Waals surface area contributed by atoms with Gasteiger partial charge in [0.1, 0.15) is 0 Å². The van der Waals surface area contributed by atoms with Crippen LogP contribution in [0.5, 0.6) is 0 Å². The standard InChI is InChI=1S/C16H20N4O/c1-19-11-12(10-18-19)7-8-17-14-9-16(21)20(2)15-6-4-3-5-13(14)15/h3-6,10-11,14,17H,7-9H2,1-2H3. The van der Waals surface area contributed by atoms with Crippen molar-refractivity contribution in [1.82, 2.24) is 15.1 Å². The van der Waals surface area contributed by atoms with E-state index in [0.29, 0.717) is 6.42 Å². The first-order chi connectivity index (χ1) is 10.1. The van der Waals surface area contributed by atoms with Crippen LogP contribution < -0.4 is 10.2 Å². The average molecular weight is 284 g/mol. The molecule has 1 amide bonds. The zero-order valence-corrected chi connectivity index (χ0v) is 12.4. The minimum absolute atomic E-state index is 0.0987. The highest BCUT2D eigenvalue weighted by Crippen LogP contribution is 2.33. The normalized spacial score (nSPS) is 17.9. The number of carbonyl (C=O) groups excluding carboxylic acids is 1. The van der Waals surface area contributed by atoms with Crippen LogP contribution in [0.3, 0.4) is 0 Å². The summed E-state index contributed by atoms with van der Waals surface area (Å²) in [4.78, 5) is 13.8. The third-order valence-corrected chi connectivity index (χ3v) is 3.99. The van der Waals surface area contributed by atoms with Gasteiger partial charge in [0.15, 0.2) is 0 Å². The summed E-state index contributed by atoms with van der Waals surface area (Å²) in [5.74, 6) is 0.160. The fourth-order valence-electron chi connectivity index (χ4n) is 2.82. The average Bonchev–Trinajstić information content (AvgIpc) is 2.90. The van der Waals surface area contributed by atoms with Gasteiger partial charge < -0.3 is 10.2 Å². The minimum atomic E-state index is 0.0987. The molecule has 2 heterocycles. The zero-order chi connectivity index (χ0) is 14.8. The van der Waals surface area contributed by atoms with Gasteiger partial charge in [-0.25, -0.2) is 0 Å². The number of para-hydroxylation sites is 1. The quantitative estimate of drug-likeness (QED) is 0.929. The third kappa shape index (κ3) is 2.83. The van der Waals surface area contributed by atoms with Gasteiger partial charge in [0.05, 0.1) is 6.20 Å². The molecule has 5 nitrogen and oxygen atoms in total. The molecule has 0 spiro atoms. The van der Waals surface area contributed by atoms with Gasteiger partial charge in [-0.15, -0.1) is 0 Å². The molecular formula is C16H20N4O. The number of nitrogens with zero attached hydrogens (tertiary/aromatic N) is 3. The predicted octanol–water partition coefficient (Wildman–Crippen LogP) is 1.66. The summed E-state index contributed by atoms with van der Waals surface area (Å²) in [7, 11) is 3.76. The lowest BCUT2D eigenvalue weighted by Gasteiger charge is -2.32. The van der Waals surface area contributed by atoms with Crippen molar-refractivity contribution in [3.05, 3.63) is 47.8 Å². The van der Waals surface area contributed by atoms with Gasteiger partial charge in [-0.05, 0) is 30.2 Å². The van der Waals surface area contributed by atoms with Crippen LogP contribution >= 0.6 is 0 Å². The topological polar surface area (TPSA) is 50.2 Å². The molecule has 0 saturated heterocycles. The summed E-state index contributed by atoms with van der Waals surface area (Å²) in [5.41, 5.74) is 3.41. The van der Waals surface area contributed by atoms with Crippen LogP contribution in [0, 0.1) is 0 Å². The van der Waals surface area contributed by atoms with Crippen LogP contribution in [0.25, 0.3) is 0 Å². The van der Waals surface area contributed by atoms with E-state index in [2.05, 4.69) is 16.5 Å². The second-order valence-electron chi connectivity index (χ2n) is 5.49. The summed E-state index contributed by atoms with van der Waals surface area (Å²) in [5, 5.41) is 7.67. The third-order valence-electron chi connectivity index (χ3n) is 3.99. The van der Waals surface area contributed by atoms with Gasteiger partial charge in [-0.3, -0.25) is 9.48 Å². The highest BCUT2D eigenvalue weighted by Gasteiger charge is 2.28. The van der Waals surface area contributed by atoms with E-state index in [9.17, 15) is 4.79 Å². The molecule has 1 N–H and O–H groups in total. The number of benzene rings is 1. The molecule has 1 aromatic heterocycles. The Balaban J connectivity index is 1.68. The van der Waals surface area contributed by atoms with Crippen molar-refractivity contribution in [3.63, 3.8) is 0 Å². The molecule has 1 unspecified atom stereocenters. The molecule has 1 atom stereocenters. The highest BCUT2D eigenvalue weighted by atomic mass is 16.2. The van der Waals surface area contributed by atoms with Gasteiger partial charge >= 0.3 is 0 Å².